The third-order valence-electron chi connectivity index (χ3n) is 8.10. The molecule has 10 heteroatoms. The Morgan fingerprint density at radius 2 is 1.83 bits per heavy atom. The van der Waals surface area contributed by atoms with Crippen LogP contribution in [0.5, 0.6) is 11.5 Å². The fourth-order valence-electron chi connectivity index (χ4n) is 6.49. The largest absolute Gasteiger partial charge is 0.508 e. The molecular formula is C25H26Cl2N2O6. The molecule has 186 valence electrons. The Labute approximate surface area is 212 Å². The third-order valence-corrected chi connectivity index (χ3v) is 9.51. The maximum Gasteiger partial charge on any atom is 0.253 e. The molecule has 2 heterocycles. The van der Waals surface area contributed by atoms with Crippen molar-refractivity contribution in [1.29, 1.82) is 0 Å². The highest BCUT2D eigenvalue weighted by molar-refractivity contribution is 6.53. The summed E-state index contributed by atoms with van der Waals surface area (Å²) in [6, 6.07) is 4.62. The van der Waals surface area contributed by atoms with E-state index in [2.05, 4.69) is 0 Å². The van der Waals surface area contributed by atoms with Crippen molar-refractivity contribution in [2.24, 2.45) is 17.8 Å². The second kappa shape index (κ2) is 7.96. The van der Waals surface area contributed by atoms with E-state index >= 15 is 0 Å². The Bertz CT molecular complexity index is 1200. The van der Waals surface area contributed by atoms with Gasteiger partial charge in [-0.2, -0.15) is 0 Å². The summed E-state index contributed by atoms with van der Waals surface area (Å²) in [5.41, 5.74) is 0.952. The lowest BCUT2D eigenvalue weighted by atomic mass is 9.56. The number of phenolic OH excluding ortho intramolecular Hbond substituents is 1. The Morgan fingerprint density at radius 1 is 1.11 bits per heavy atom. The monoisotopic (exact) mass is 520 g/mol. The van der Waals surface area contributed by atoms with Crippen molar-refractivity contribution < 1.29 is 29.0 Å². The quantitative estimate of drug-likeness (QED) is 0.371. The number of halogens is 2. The van der Waals surface area contributed by atoms with Gasteiger partial charge in [0.05, 0.1) is 18.9 Å². The molecule has 6 atom stereocenters. The van der Waals surface area contributed by atoms with Gasteiger partial charge in [-0.15, -0.1) is 23.2 Å². The Kier molecular flexibility index (Phi) is 5.49. The first kappa shape index (κ1) is 24.1. The maximum absolute atomic E-state index is 13.5. The fraction of sp³-hybridized carbons (Fsp3) is 0.520. The van der Waals surface area contributed by atoms with Crippen LogP contribution in [-0.2, 0) is 19.2 Å². The molecule has 4 amide bonds. The minimum atomic E-state index is -1.92. The number of nitrogens with zero attached hydrogens (tertiary/aromatic N) is 2. The highest BCUT2D eigenvalue weighted by Crippen LogP contribution is 2.66. The number of amides is 4. The second-order valence-corrected chi connectivity index (χ2v) is 11.0. The average molecular weight is 521 g/mol. The summed E-state index contributed by atoms with van der Waals surface area (Å²) in [6.07, 6.45) is 2.71. The predicted octanol–water partition coefficient (Wildman–Crippen LogP) is 2.80. The molecule has 5 rings (SSSR count). The van der Waals surface area contributed by atoms with E-state index in [0.29, 0.717) is 36.3 Å². The van der Waals surface area contributed by atoms with Crippen molar-refractivity contribution in [2.45, 2.75) is 41.9 Å². The molecule has 3 fully saturated rings. The van der Waals surface area contributed by atoms with Gasteiger partial charge in [-0.3, -0.25) is 29.0 Å². The molecule has 1 N–H and O–H groups in total. The number of benzene rings is 1. The second-order valence-electron chi connectivity index (χ2n) is 9.75. The summed E-state index contributed by atoms with van der Waals surface area (Å²) < 4.78 is 5.20. The van der Waals surface area contributed by atoms with Crippen molar-refractivity contribution in [2.75, 3.05) is 20.7 Å². The van der Waals surface area contributed by atoms with Gasteiger partial charge in [0.25, 0.3) is 11.8 Å². The maximum atomic E-state index is 13.5. The number of aromatic hydroxyl groups is 1. The summed E-state index contributed by atoms with van der Waals surface area (Å²) in [7, 11) is 2.79. The van der Waals surface area contributed by atoms with E-state index in [-0.39, 0.29) is 24.0 Å². The van der Waals surface area contributed by atoms with Crippen molar-refractivity contribution in [3.8, 4) is 11.5 Å². The molecule has 0 aromatic heterocycles. The Morgan fingerprint density at radius 3 is 2.46 bits per heavy atom. The van der Waals surface area contributed by atoms with Crippen LogP contribution in [0.15, 0.2) is 29.8 Å². The lowest BCUT2D eigenvalue weighted by Crippen LogP contribution is -2.60. The molecule has 1 saturated carbocycles. The molecule has 0 radical (unpaired) electrons. The van der Waals surface area contributed by atoms with E-state index in [1.165, 1.54) is 25.1 Å². The van der Waals surface area contributed by atoms with Crippen molar-refractivity contribution in [3.63, 3.8) is 0 Å². The number of rotatable bonds is 4. The van der Waals surface area contributed by atoms with Gasteiger partial charge in [0.2, 0.25) is 11.8 Å². The van der Waals surface area contributed by atoms with Crippen LogP contribution in [-0.4, -0.2) is 69.0 Å². The number of likely N-dealkylation sites (tertiary alicyclic amines) is 2. The van der Waals surface area contributed by atoms with Gasteiger partial charge < -0.3 is 9.84 Å². The summed E-state index contributed by atoms with van der Waals surface area (Å²) in [5, 5.41) is 10.9. The molecule has 4 aliphatic rings. The number of hydrogen-bond acceptors (Lipinski definition) is 6. The zero-order chi connectivity index (χ0) is 25.4. The van der Waals surface area contributed by atoms with Crippen LogP contribution >= 0.6 is 23.2 Å². The van der Waals surface area contributed by atoms with Gasteiger partial charge in [0.1, 0.15) is 11.5 Å². The number of alkyl halides is 2. The van der Waals surface area contributed by atoms with Crippen LogP contribution in [0, 0.1) is 17.8 Å². The van der Waals surface area contributed by atoms with Crippen molar-refractivity contribution in [3.05, 3.63) is 35.4 Å². The van der Waals surface area contributed by atoms with Crippen LogP contribution < -0.4 is 4.74 Å². The number of allylic oxidation sites excluding steroid dienone is 2. The number of carbonyl (C=O) groups excluding carboxylic acids is 4. The number of phenols is 1. The molecule has 2 aliphatic carbocycles. The Balaban J connectivity index is 1.72. The lowest BCUT2D eigenvalue weighted by Gasteiger charge is -2.50. The van der Waals surface area contributed by atoms with Gasteiger partial charge in [-0.1, -0.05) is 24.6 Å². The number of ether oxygens (including phenoxy) is 1. The molecule has 0 bridgehead atoms. The minimum Gasteiger partial charge on any atom is -0.508 e. The zero-order valence-corrected chi connectivity index (χ0v) is 21.1. The standard InChI is InChI=1S/C25H26Cl2N2O6/c1-4-9-29-20(31)15-8-7-13-16(18(15)21(29)32)11-24(26)22(33)28(2)23(34)25(24,27)19(13)14-6-5-12(35-3)10-17(14)30/h5-7,10,15-16,18-19,30H,4,8-9,11H2,1-3H3. The van der Waals surface area contributed by atoms with Gasteiger partial charge in [-0.25, -0.2) is 0 Å². The number of fused-ring (bicyclic) bond motifs is 4. The van der Waals surface area contributed by atoms with Crippen LogP contribution in [0.4, 0.5) is 0 Å². The van der Waals surface area contributed by atoms with Gasteiger partial charge >= 0.3 is 0 Å². The minimum absolute atomic E-state index is 0.0631. The van der Waals surface area contributed by atoms with Crippen LogP contribution in [0.1, 0.15) is 37.7 Å². The Hall–Kier alpha value is -2.58. The number of methoxy groups -OCH3 is 1. The molecule has 1 aromatic rings. The highest BCUT2D eigenvalue weighted by Gasteiger charge is 2.76. The number of carbonyl (C=O) groups is 4. The molecular weight excluding hydrogens is 495 g/mol. The average Bonchev–Trinajstić information content (AvgIpc) is 3.15. The van der Waals surface area contributed by atoms with E-state index in [9.17, 15) is 24.3 Å². The topological polar surface area (TPSA) is 104 Å². The highest BCUT2D eigenvalue weighted by atomic mass is 35.5. The first-order valence-electron chi connectivity index (χ1n) is 11.6. The summed E-state index contributed by atoms with van der Waals surface area (Å²) in [4.78, 5) is 51.8. The lowest BCUT2D eigenvalue weighted by molar-refractivity contribution is -0.141. The van der Waals surface area contributed by atoms with Crippen molar-refractivity contribution in [1.82, 2.24) is 9.80 Å². The fourth-order valence-corrected chi connectivity index (χ4v) is 7.50. The third kappa shape index (κ3) is 2.93. The van der Waals surface area contributed by atoms with E-state index in [0.717, 1.165) is 4.90 Å². The van der Waals surface area contributed by atoms with E-state index < -0.39 is 45.2 Å². The normalized spacial score (nSPS) is 36.2. The van der Waals surface area contributed by atoms with Crippen LogP contribution in [0.3, 0.4) is 0 Å². The first-order valence-corrected chi connectivity index (χ1v) is 12.4. The predicted molar refractivity (Wildman–Crippen MR) is 127 cm³/mol. The summed E-state index contributed by atoms with van der Waals surface area (Å²) >= 11 is 14.1. The smallest absolute Gasteiger partial charge is 0.253 e. The molecule has 2 saturated heterocycles. The van der Waals surface area contributed by atoms with Gasteiger partial charge in [0, 0.05) is 31.1 Å². The SMILES string of the molecule is CCCN1C(=O)C2CC=C3C(CC4(Cl)C(=O)N(C)C(=O)C4(Cl)C3c3ccc(OC)cc3O)C2C1=O. The molecule has 2 aliphatic heterocycles. The van der Waals surface area contributed by atoms with Crippen LogP contribution in [0.25, 0.3) is 0 Å². The van der Waals surface area contributed by atoms with E-state index in [1.54, 1.807) is 12.1 Å². The molecule has 6 unspecified atom stereocenters. The summed E-state index contributed by atoms with van der Waals surface area (Å²) in [6.45, 7) is 2.21. The van der Waals surface area contributed by atoms with Crippen LogP contribution in [0.2, 0.25) is 0 Å². The zero-order valence-electron chi connectivity index (χ0n) is 19.6. The summed E-state index contributed by atoms with van der Waals surface area (Å²) in [5.74, 6) is -4.45. The van der Waals surface area contributed by atoms with Gasteiger partial charge in [0.15, 0.2) is 9.75 Å². The molecule has 0 spiro atoms. The molecule has 8 nitrogen and oxygen atoms in total. The molecule has 1 aromatic carbocycles. The van der Waals surface area contributed by atoms with E-state index in [1.807, 2.05) is 13.0 Å². The molecule has 35 heavy (non-hydrogen) atoms. The first-order chi connectivity index (χ1) is 16.5. The number of hydrogen-bond donors (Lipinski definition) is 1. The van der Waals surface area contributed by atoms with Gasteiger partial charge in [-0.05, 0) is 31.2 Å². The number of imide groups is 2. The van der Waals surface area contributed by atoms with E-state index in [4.69, 9.17) is 27.9 Å². The van der Waals surface area contributed by atoms with Crippen molar-refractivity contribution >= 4 is 46.8 Å².